The number of phenolic OH excluding ortho intramolecular Hbond substituents is 1. The van der Waals surface area contributed by atoms with E-state index >= 15 is 0 Å². The van der Waals surface area contributed by atoms with E-state index in [9.17, 15) is 10.2 Å². The number of hydrogen-bond acceptors (Lipinski definition) is 3. The molecule has 87 valence electrons. The second-order valence-electron chi connectivity index (χ2n) is 3.99. The first kappa shape index (κ1) is 10.6. The Hall–Kier alpha value is -2.55. The molecule has 0 saturated carbocycles. The molecular weight excluding hydrogens is 226 g/mol. The molecule has 1 radical (unpaired) electrons. The topological polar surface area (TPSA) is 53.4 Å². The fraction of sp³-hybridized carbons (Fsp3) is 0. The van der Waals surface area contributed by atoms with Crippen LogP contribution in [0.2, 0.25) is 0 Å². The number of fused-ring (bicyclic) bond motifs is 1. The van der Waals surface area contributed by atoms with Gasteiger partial charge in [-0.05, 0) is 29.0 Å². The molecule has 0 aliphatic rings. The summed E-state index contributed by atoms with van der Waals surface area (Å²) < 4.78 is 0. The van der Waals surface area contributed by atoms with Gasteiger partial charge in [0.05, 0.1) is 0 Å². The molecule has 0 fully saturated rings. The molecule has 2 N–H and O–H groups in total. The molecule has 3 heteroatoms. The summed E-state index contributed by atoms with van der Waals surface area (Å²) in [7, 11) is 0. The third kappa shape index (κ3) is 1.66. The number of rotatable bonds is 1. The van der Waals surface area contributed by atoms with E-state index in [-0.39, 0.29) is 11.5 Å². The quantitative estimate of drug-likeness (QED) is 0.682. The molecular formula is C15H10NO2. The number of nitrogens with zero attached hydrogens (tertiary/aromatic N) is 1. The van der Waals surface area contributed by atoms with Crippen LogP contribution in [-0.2, 0) is 0 Å². The van der Waals surface area contributed by atoms with Crippen molar-refractivity contribution in [1.29, 1.82) is 0 Å². The molecule has 18 heavy (non-hydrogen) atoms. The Bertz CT molecular complexity index is 723. The van der Waals surface area contributed by atoms with Crippen LogP contribution in [0.25, 0.3) is 22.0 Å². The van der Waals surface area contributed by atoms with E-state index in [4.69, 9.17) is 0 Å². The fourth-order valence-corrected chi connectivity index (χ4v) is 1.94. The lowest BCUT2D eigenvalue weighted by Crippen LogP contribution is -1.85. The summed E-state index contributed by atoms with van der Waals surface area (Å²) in [5, 5.41) is 21.5. The highest BCUT2D eigenvalue weighted by Crippen LogP contribution is 2.35. The van der Waals surface area contributed by atoms with Crippen LogP contribution < -0.4 is 0 Å². The van der Waals surface area contributed by atoms with Crippen LogP contribution in [0, 0.1) is 6.07 Å². The first-order chi connectivity index (χ1) is 8.75. The van der Waals surface area contributed by atoms with Gasteiger partial charge in [0.1, 0.15) is 17.2 Å². The number of aromatic nitrogens is 1. The molecule has 0 spiro atoms. The van der Waals surface area contributed by atoms with Crippen molar-refractivity contribution in [3.8, 4) is 22.8 Å². The highest BCUT2D eigenvalue weighted by molar-refractivity contribution is 5.90. The second kappa shape index (κ2) is 4.04. The lowest BCUT2D eigenvalue weighted by molar-refractivity contribution is 0.467. The van der Waals surface area contributed by atoms with Crippen LogP contribution in [0.4, 0.5) is 0 Å². The Balaban J connectivity index is 2.30. The Labute approximate surface area is 104 Å². The summed E-state index contributed by atoms with van der Waals surface area (Å²) in [5.74, 6) is 0.0270. The maximum absolute atomic E-state index is 9.98. The SMILES string of the molecule is Oc1[c]c2ccccc2cc1-c1ncccc1O. The molecule has 3 aromatic rings. The van der Waals surface area contributed by atoms with E-state index in [0.717, 1.165) is 10.8 Å². The van der Waals surface area contributed by atoms with Gasteiger partial charge in [-0.3, -0.25) is 4.98 Å². The zero-order valence-corrected chi connectivity index (χ0v) is 9.46. The fourth-order valence-electron chi connectivity index (χ4n) is 1.94. The van der Waals surface area contributed by atoms with E-state index in [1.807, 2.05) is 24.3 Å². The Morgan fingerprint density at radius 2 is 1.83 bits per heavy atom. The number of hydrogen-bond donors (Lipinski definition) is 2. The zero-order chi connectivity index (χ0) is 12.5. The number of aromatic hydroxyl groups is 2. The Morgan fingerprint density at radius 3 is 2.67 bits per heavy atom. The average molecular weight is 236 g/mol. The van der Waals surface area contributed by atoms with Crippen LogP contribution in [-0.4, -0.2) is 15.2 Å². The molecule has 0 unspecified atom stereocenters. The molecule has 1 heterocycles. The maximum atomic E-state index is 9.98. The lowest BCUT2D eigenvalue weighted by Gasteiger charge is -2.07. The lowest BCUT2D eigenvalue weighted by atomic mass is 10.0. The van der Waals surface area contributed by atoms with Crippen LogP contribution in [0.3, 0.4) is 0 Å². The highest BCUT2D eigenvalue weighted by Gasteiger charge is 2.11. The number of pyridine rings is 1. The van der Waals surface area contributed by atoms with Crippen LogP contribution >= 0.6 is 0 Å². The van der Waals surface area contributed by atoms with Gasteiger partial charge in [0.25, 0.3) is 0 Å². The maximum Gasteiger partial charge on any atom is 0.141 e. The van der Waals surface area contributed by atoms with E-state index in [1.165, 1.54) is 6.07 Å². The third-order valence-electron chi connectivity index (χ3n) is 2.81. The molecule has 0 atom stereocenters. The van der Waals surface area contributed by atoms with Gasteiger partial charge in [0, 0.05) is 17.8 Å². The summed E-state index contributed by atoms with van der Waals surface area (Å²) in [6.07, 6.45) is 1.57. The normalized spacial score (nSPS) is 10.7. The minimum atomic E-state index is -0.0114. The predicted octanol–water partition coefficient (Wildman–Crippen LogP) is 3.11. The van der Waals surface area contributed by atoms with Gasteiger partial charge < -0.3 is 10.2 Å². The summed E-state index contributed by atoms with van der Waals surface area (Å²) in [4.78, 5) is 4.09. The third-order valence-corrected chi connectivity index (χ3v) is 2.81. The molecule has 0 aliphatic heterocycles. The van der Waals surface area contributed by atoms with Crippen molar-refractivity contribution in [2.75, 3.05) is 0 Å². The van der Waals surface area contributed by atoms with Gasteiger partial charge in [-0.15, -0.1) is 0 Å². The van der Waals surface area contributed by atoms with Crippen LogP contribution in [0.1, 0.15) is 0 Å². The molecule has 1 aromatic heterocycles. The van der Waals surface area contributed by atoms with E-state index < -0.39 is 0 Å². The van der Waals surface area contributed by atoms with Crippen molar-refractivity contribution < 1.29 is 10.2 Å². The first-order valence-corrected chi connectivity index (χ1v) is 5.54. The Kier molecular flexibility index (Phi) is 2.38. The van der Waals surface area contributed by atoms with Crippen molar-refractivity contribution in [1.82, 2.24) is 4.98 Å². The van der Waals surface area contributed by atoms with E-state index in [0.29, 0.717) is 11.3 Å². The molecule has 2 aromatic carbocycles. The van der Waals surface area contributed by atoms with Gasteiger partial charge in [-0.1, -0.05) is 24.3 Å². The van der Waals surface area contributed by atoms with Gasteiger partial charge in [0.15, 0.2) is 0 Å². The minimum absolute atomic E-state index is 0.0114. The van der Waals surface area contributed by atoms with Crippen LogP contribution in [0.5, 0.6) is 11.5 Å². The molecule has 0 saturated heterocycles. The number of benzene rings is 2. The molecule has 0 amide bonds. The van der Waals surface area contributed by atoms with Gasteiger partial charge in [-0.2, -0.15) is 0 Å². The van der Waals surface area contributed by atoms with Gasteiger partial charge in [0.2, 0.25) is 0 Å². The van der Waals surface area contributed by atoms with Crippen molar-refractivity contribution >= 4 is 10.8 Å². The number of phenols is 1. The van der Waals surface area contributed by atoms with Crippen molar-refractivity contribution in [2.45, 2.75) is 0 Å². The molecule has 0 aliphatic carbocycles. The van der Waals surface area contributed by atoms with Crippen molar-refractivity contribution in [3.63, 3.8) is 0 Å². The second-order valence-corrected chi connectivity index (χ2v) is 3.99. The summed E-state index contributed by atoms with van der Waals surface area (Å²) in [6.45, 7) is 0. The average Bonchev–Trinajstić information content (AvgIpc) is 2.39. The molecule has 3 nitrogen and oxygen atoms in total. The summed E-state index contributed by atoms with van der Waals surface area (Å²) in [6, 6.07) is 15.5. The van der Waals surface area contributed by atoms with Crippen molar-refractivity contribution in [2.24, 2.45) is 0 Å². The summed E-state index contributed by atoms with van der Waals surface area (Å²) in [5.41, 5.74) is 0.837. The standard InChI is InChI=1S/C15H10NO2/c17-13-6-3-7-16-15(13)12-8-10-4-1-2-5-11(10)9-14(12)18/h1-8,17-18H. The molecule has 3 rings (SSSR count). The van der Waals surface area contributed by atoms with Crippen molar-refractivity contribution in [3.05, 3.63) is 54.7 Å². The van der Waals surface area contributed by atoms with E-state index in [2.05, 4.69) is 11.1 Å². The largest absolute Gasteiger partial charge is 0.507 e. The monoisotopic (exact) mass is 236 g/mol. The van der Waals surface area contributed by atoms with E-state index in [1.54, 1.807) is 18.3 Å². The smallest absolute Gasteiger partial charge is 0.141 e. The summed E-state index contributed by atoms with van der Waals surface area (Å²) >= 11 is 0. The zero-order valence-electron chi connectivity index (χ0n) is 9.46. The molecule has 0 bridgehead atoms. The Morgan fingerprint density at radius 1 is 1.00 bits per heavy atom. The minimum Gasteiger partial charge on any atom is -0.507 e. The first-order valence-electron chi connectivity index (χ1n) is 5.54. The van der Waals surface area contributed by atoms with Gasteiger partial charge >= 0.3 is 0 Å². The predicted molar refractivity (Wildman–Crippen MR) is 69.3 cm³/mol. The van der Waals surface area contributed by atoms with Crippen LogP contribution in [0.15, 0.2) is 48.7 Å². The van der Waals surface area contributed by atoms with Gasteiger partial charge in [-0.25, -0.2) is 0 Å². The highest BCUT2D eigenvalue weighted by atomic mass is 16.3.